The van der Waals surface area contributed by atoms with Crippen molar-refractivity contribution >= 4 is 17.1 Å². The van der Waals surface area contributed by atoms with E-state index in [1.54, 1.807) is 6.20 Å². The molecule has 2 aromatic rings. The van der Waals surface area contributed by atoms with Gasteiger partial charge in [-0.15, -0.1) is 0 Å². The van der Waals surface area contributed by atoms with Crippen LogP contribution in [-0.2, 0) is 0 Å². The topological polar surface area (TPSA) is 65.6 Å². The van der Waals surface area contributed by atoms with Gasteiger partial charge in [0.25, 0.3) is 0 Å². The first kappa shape index (κ1) is 10.5. The first-order valence-corrected chi connectivity index (χ1v) is 6.17. The van der Waals surface area contributed by atoms with Crippen molar-refractivity contribution in [3.05, 3.63) is 18.3 Å². The molecular weight excluding hydrogens is 214 g/mol. The Hall–Kier alpha value is -1.62. The Morgan fingerprint density at radius 3 is 3.06 bits per heavy atom. The van der Waals surface area contributed by atoms with Crippen molar-refractivity contribution in [1.82, 2.24) is 20.3 Å². The highest BCUT2D eigenvalue weighted by Crippen LogP contribution is 2.14. The van der Waals surface area contributed by atoms with Crippen molar-refractivity contribution in [1.29, 1.82) is 0 Å². The van der Waals surface area contributed by atoms with Gasteiger partial charge in [0.15, 0.2) is 5.65 Å². The number of aromatic amines is 1. The molecule has 0 aliphatic carbocycles. The second kappa shape index (κ2) is 4.71. The van der Waals surface area contributed by atoms with Crippen molar-refractivity contribution in [2.45, 2.75) is 12.8 Å². The average Bonchev–Trinajstić information content (AvgIpc) is 2.80. The maximum Gasteiger partial charge on any atom is 0.202 e. The number of imidazole rings is 1. The molecule has 3 heterocycles. The fourth-order valence-corrected chi connectivity index (χ4v) is 2.26. The molecule has 0 aromatic carbocycles. The largest absolute Gasteiger partial charge is 0.355 e. The van der Waals surface area contributed by atoms with E-state index in [2.05, 4.69) is 25.6 Å². The van der Waals surface area contributed by atoms with Crippen LogP contribution in [0.3, 0.4) is 0 Å². The molecule has 0 saturated carbocycles. The van der Waals surface area contributed by atoms with Gasteiger partial charge in [0.05, 0.1) is 5.52 Å². The van der Waals surface area contributed by atoms with Gasteiger partial charge in [-0.05, 0) is 44.0 Å². The van der Waals surface area contributed by atoms with Gasteiger partial charge in [-0.1, -0.05) is 0 Å². The highest BCUT2D eigenvalue weighted by Gasteiger charge is 2.13. The summed E-state index contributed by atoms with van der Waals surface area (Å²) in [4.78, 5) is 11.8. The van der Waals surface area contributed by atoms with Crippen LogP contribution in [0.15, 0.2) is 18.3 Å². The summed E-state index contributed by atoms with van der Waals surface area (Å²) in [7, 11) is 0. The molecule has 3 rings (SSSR count). The number of nitrogens with zero attached hydrogens (tertiary/aromatic N) is 2. The van der Waals surface area contributed by atoms with Gasteiger partial charge in [0, 0.05) is 12.7 Å². The minimum absolute atomic E-state index is 0.748. The van der Waals surface area contributed by atoms with E-state index in [4.69, 9.17) is 0 Å². The highest BCUT2D eigenvalue weighted by atomic mass is 15.1. The number of rotatable bonds is 3. The Morgan fingerprint density at radius 2 is 2.24 bits per heavy atom. The number of piperidine rings is 1. The lowest BCUT2D eigenvalue weighted by atomic mass is 9.98. The van der Waals surface area contributed by atoms with Crippen LogP contribution < -0.4 is 10.6 Å². The Balaban J connectivity index is 1.64. The first-order valence-electron chi connectivity index (χ1n) is 6.17. The Labute approximate surface area is 100 Å². The van der Waals surface area contributed by atoms with Crippen molar-refractivity contribution in [2.75, 3.05) is 25.0 Å². The molecule has 0 amide bonds. The Kier molecular flexibility index (Phi) is 2.92. The van der Waals surface area contributed by atoms with Crippen LogP contribution in [0.25, 0.3) is 11.2 Å². The van der Waals surface area contributed by atoms with Crippen molar-refractivity contribution in [2.24, 2.45) is 5.92 Å². The van der Waals surface area contributed by atoms with E-state index >= 15 is 0 Å². The maximum absolute atomic E-state index is 4.40. The molecule has 3 N–H and O–H groups in total. The zero-order valence-corrected chi connectivity index (χ0v) is 9.74. The third-order valence-electron chi connectivity index (χ3n) is 3.27. The molecule has 0 unspecified atom stereocenters. The molecule has 0 atom stereocenters. The summed E-state index contributed by atoms with van der Waals surface area (Å²) in [5.41, 5.74) is 1.76. The van der Waals surface area contributed by atoms with Crippen LogP contribution in [0.2, 0.25) is 0 Å². The number of nitrogens with one attached hydrogen (secondary N) is 3. The fraction of sp³-hybridized carbons (Fsp3) is 0.500. The van der Waals surface area contributed by atoms with Crippen LogP contribution in [0, 0.1) is 5.92 Å². The van der Waals surface area contributed by atoms with E-state index < -0.39 is 0 Å². The van der Waals surface area contributed by atoms with E-state index in [9.17, 15) is 0 Å². The summed E-state index contributed by atoms with van der Waals surface area (Å²) in [6.07, 6.45) is 4.25. The van der Waals surface area contributed by atoms with E-state index in [0.717, 1.165) is 42.7 Å². The fourth-order valence-electron chi connectivity index (χ4n) is 2.26. The second-order valence-corrected chi connectivity index (χ2v) is 4.53. The lowest BCUT2D eigenvalue weighted by molar-refractivity contribution is 0.389. The summed E-state index contributed by atoms with van der Waals surface area (Å²) in [6.45, 7) is 3.25. The molecule has 0 spiro atoms. The quantitative estimate of drug-likeness (QED) is 0.746. The van der Waals surface area contributed by atoms with Gasteiger partial charge >= 0.3 is 0 Å². The first-order chi connectivity index (χ1) is 8.42. The van der Waals surface area contributed by atoms with Crippen LogP contribution in [-0.4, -0.2) is 34.6 Å². The lowest BCUT2D eigenvalue weighted by Gasteiger charge is -2.22. The monoisotopic (exact) mass is 231 g/mol. The van der Waals surface area contributed by atoms with Crippen LogP contribution >= 0.6 is 0 Å². The van der Waals surface area contributed by atoms with Gasteiger partial charge in [0.2, 0.25) is 5.95 Å². The minimum atomic E-state index is 0.748. The number of H-pyrrole nitrogens is 1. The SMILES string of the molecule is c1cnc2nc(NCC3CCNCC3)[nH]c2c1. The zero-order valence-electron chi connectivity index (χ0n) is 9.74. The molecule has 17 heavy (non-hydrogen) atoms. The molecule has 0 radical (unpaired) electrons. The summed E-state index contributed by atoms with van der Waals surface area (Å²) >= 11 is 0. The van der Waals surface area contributed by atoms with Gasteiger partial charge in [-0.25, -0.2) is 4.98 Å². The molecule has 0 bridgehead atoms. The van der Waals surface area contributed by atoms with E-state index in [0.29, 0.717) is 0 Å². The zero-order chi connectivity index (χ0) is 11.5. The molecule has 1 aliphatic rings. The Bertz CT molecular complexity index is 453. The standard InChI is InChI=1S/C12H17N5/c1-2-10-11(14-5-1)17-12(16-10)15-8-9-3-6-13-7-4-9/h1-2,5,9,13H,3-4,6-8H2,(H2,14,15,16,17). The molecule has 5 nitrogen and oxygen atoms in total. The van der Waals surface area contributed by atoms with Gasteiger partial charge in [-0.3, -0.25) is 0 Å². The summed E-state index contributed by atoms with van der Waals surface area (Å²) in [6, 6.07) is 3.90. The Morgan fingerprint density at radius 1 is 1.35 bits per heavy atom. The third-order valence-corrected chi connectivity index (χ3v) is 3.27. The van der Waals surface area contributed by atoms with Gasteiger partial charge < -0.3 is 15.6 Å². The van der Waals surface area contributed by atoms with E-state index in [1.165, 1.54) is 12.8 Å². The number of hydrogen-bond donors (Lipinski definition) is 3. The van der Waals surface area contributed by atoms with Crippen molar-refractivity contribution < 1.29 is 0 Å². The molecule has 1 saturated heterocycles. The highest BCUT2D eigenvalue weighted by molar-refractivity contribution is 5.72. The average molecular weight is 231 g/mol. The van der Waals surface area contributed by atoms with E-state index in [-0.39, 0.29) is 0 Å². The predicted molar refractivity (Wildman–Crippen MR) is 68.0 cm³/mol. The van der Waals surface area contributed by atoms with Crippen LogP contribution in [0.4, 0.5) is 5.95 Å². The number of fused-ring (bicyclic) bond motifs is 1. The van der Waals surface area contributed by atoms with Crippen LogP contribution in [0.1, 0.15) is 12.8 Å². The van der Waals surface area contributed by atoms with Crippen molar-refractivity contribution in [3.63, 3.8) is 0 Å². The molecule has 1 fully saturated rings. The third kappa shape index (κ3) is 2.39. The summed E-state index contributed by atoms with van der Waals surface area (Å²) in [5, 5.41) is 6.74. The number of aromatic nitrogens is 3. The molecule has 1 aliphatic heterocycles. The second-order valence-electron chi connectivity index (χ2n) is 4.53. The number of hydrogen-bond acceptors (Lipinski definition) is 4. The summed E-state index contributed by atoms with van der Waals surface area (Å²) < 4.78 is 0. The maximum atomic E-state index is 4.40. The van der Waals surface area contributed by atoms with Gasteiger partial charge in [-0.2, -0.15) is 4.98 Å². The molecule has 2 aromatic heterocycles. The molecule has 5 heteroatoms. The summed E-state index contributed by atoms with van der Waals surface area (Å²) in [5.74, 6) is 1.58. The van der Waals surface area contributed by atoms with Gasteiger partial charge in [0.1, 0.15) is 0 Å². The molecule has 90 valence electrons. The van der Waals surface area contributed by atoms with Crippen LogP contribution in [0.5, 0.6) is 0 Å². The number of anilines is 1. The minimum Gasteiger partial charge on any atom is -0.355 e. The normalized spacial score (nSPS) is 17.4. The smallest absolute Gasteiger partial charge is 0.202 e. The van der Waals surface area contributed by atoms with E-state index in [1.807, 2.05) is 12.1 Å². The number of pyridine rings is 1. The molecular formula is C12H17N5. The van der Waals surface area contributed by atoms with Crippen molar-refractivity contribution in [3.8, 4) is 0 Å². The lowest BCUT2D eigenvalue weighted by Crippen LogP contribution is -2.31. The predicted octanol–water partition coefficient (Wildman–Crippen LogP) is 1.37.